The summed E-state index contributed by atoms with van der Waals surface area (Å²) in [6.45, 7) is 3.89. The van der Waals surface area contributed by atoms with Gasteiger partial charge in [0.2, 0.25) is 0 Å². The zero-order chi connectivity index (χ0) is 34.9. The van der Waals surface area contributed by atoms with E-state index in [1.54, 1.807) is 0 Å². The smallest absolute Gasteiger partial charge is 0.472 e. The summed E-state index contributed by atoms with van der Waals surface area (Å²) in [5, 5.41) is 8.85. The first-order valence-electron chi connectivity index (χ1n) is 19.1. The van der Waals surface area contributed by atoms with E-state index in [2.05, 4.69) is 18.4 Å². The van der Waals surface area contributed by atoms with Crippen LogP contribution in [0.25, 0.3) is 0 Å². The van der Waals surface area contributed by atoms with E-state index in [9.17, 15) is 19.0 Å². The van der Waals surface area contributed by atoms with Gasteiger partial charge in [-0.3, -0.25) is 18.6 Å². The minimum absolute atomic E-state index is 0.0249. The molecule has 47 heavy (non-hydrogen) atoms. The molecule has 0 amide bonds. The molecule has 1 unspecified atom stereocenters. The summed E-state index contributed by atoms with van der Waals surface area (Å²) < 4.78 is 33.2. The summed E-state index contributed by atoms with van der Waals surface area (Å²) in [4.78, 5) is 33.3. The number of phosphoric acid groups is 1. The van der Waals surface area contributed by atoms with Gasteiger partial charge < -0.3 is 25.2 Å². The van der Waals surface area contributed by atoms with Crippen LogP contribution in [0.3, 0.4) is 0 Å². The van der Waals surface area contributed by atoms with Gasteiger partial charge in [-0.2, -0.15) is 0 Å². The van der Waals surface area contributed by atoms with Crippen LogP contribution in [0.4, 0.5) is 0 Å². The molecule has 0 aromatic rings. The van der Waals surface area contributed by atoms with Gasteiger partial charge in [-0.25, -0.2) is 4.57 Å². The number of nitrogens with two attached hydrogens (primary N) is 1. The number of ether oxygens (including phenoxy) is 2. The van der Waals surface area contributed by atoms with Crippen molar-refractivity contribution >= 4 is 19.8 Å². The Kier molecular flexibility index (Phi) is 32.7. The molecule has 0 heterocycles. The van der Waals surface area contributed by atoms with E-state index in [1.165, 1.54) is 122 Å². The van der Waals surface area contributed by atoms with E-state index < -0.39 is 45.1 Å². The largest absolute Gasteiger partial charge is 0.480 e. The molecule has 0 radical (unpaired) electrons. The fourth-order valence-corrected chi connectivity index (χ4v) is 6.15. The number of esters is 1. The van der Waals surface area contributed by atoms with Crippen LogP contribution in [0, 0.1) is 0 Å². The minimum Gasteiger partial charge on any atom is -0.480 e. The second-order valence-electron chi connectivity index (χ2n) is 13.1. The molecule has 10 nitrogen and oxygen atoms in total. The van der Waals surface area contributed by atoms with E-state index in [0.29, 0.717) is 6.61 Å². The molecule has 11 heteroatoms. The van der Waals surface area contributed by atoms with Crippen LogP contribution in [-0.4, -0.2) is 60.5 Å². The van der Waals surface area contributed by atoms with E-state index in [-0.39, 0.29) is 13.0 Å². The number of rotatable bonds is 37. The highest BCUT2D eigenvalue weighted by Gasteiger charge is 2.27. The van der Waals surface area contributed by atoms with Crippen molar-refractivity contribution in [1.29, 1.82) is 0 Å². The average molecular weight is 694 g/mol. The van der Waals surface area contributed by atoms with Crippen LogP contribution in [0.2, 0.25) is 0 Å². The van der Waals surface area contributed by atoms with Gasteiger partial charge >= 0.3 is 19.8 Å². The van der Waals surface area contributed by atoms with Gasteiger partial charge in [0.15, 0.2) is 0 Å². The van der Waals surface area contributed by atoms with Crippen LogP contribution in [0.5, 0.6) is 0 Å². The number of hydrogen-bond acceptors (Lipinski definition) is 8. The van der Waals surface area contributed by atoms with Crippen LogP contribution < -0.4 is 5.73 Å². The topological polar surface area (TPSA) is 155 Å². The van der Waals surface area contributed by atoms with Gasteiger partial charge in [0.05, 0.1) is 19.8 Å². The van der Waals surface area contributed by atoms with Crippen molar-refractivity contribution in [1.82, 2.24) is 0 Å². The van der Waals surface area contributed by atoms with Crippen molar-refractivity contribution in [2.75, 3.05) is 26.4 Å². The lowest BCUT2D eigenvalue weighted by Crippen LogP contribution is -2.34. The Morgan fingerprint density at radius 3 is 1.40 bits per heavy atom. The molecule has 0 saturated carbocycles. The maximum absolute atomic E-state index is 12.5. The first kappa shape index (κ1) is 46.0. The third kappa shape index (κ3) is 33.3. The van der Waals surface area contributed by atoms with Gasteiger partial charge in [0.1, 0.15) is 12.1 Å². The Morgan fingerprint density at radius 2 is 0.979 bits per heavy atom. The first-order chi connectivity index (χ1) is 22.7. The fraction of sp³-hybridized carbons (Fsp3) is 0.944. The quantitative estimate of drug-likeness (QED) is 0.0325. The number of phosphoric ester groups is 1. The third-order valence-electron chi connectivity index (χ3n) is 8.39. The molecule has 0 aliphatic heterocycles. The van der Waals surface area contributed by atoms with E-state index in [1.807, 2.05) is 0 Å². The van der Waals surface area contributed by atoms with Crippen molar-refractivity contribution in [3.63, 3.8) is 0 Å². The van der Waals surface area contributed by atoms with Crippen molar-refractivity contribution in [3.8, 4) is 0 Å². The monoisotopic (exact) mass is 693 g/mol. The van der Waals surface area contributed by atoms with Gasteiger partial charge in [-0.15, -0.1) is 0 Å². The lowest BCUT2D eigenvalue weighted by atomic mass is 10.0. The second-order valence-corrected chi connectivity index (χ2v) is 14.5. The molecule has 0 fully saturated rings. The Labute approximate surface area is 287 Å². The Morgan fingerprint density at radius 1 is 0.596 bits per heavy atom. The highest BCUT2D eigenvalue weighted by Crippen LogP contribution is 2.43. The lowest BCUT2D eigenvalue weighted by Gasteiger charge is -2.20. The molecule has 280 valence electrons. The molecule has 0 aliphatic rings. The molecule has 0 spiro atoms. The molecule has 0 aromatic heterocycles. The molecular weight excluding hydrogens is 621 g/mol. The summed E-state index contributed by atoms with van der Waals surface area (Å²) in [6.07, 6.45) is 30.1. The normalized spacial score (nSPS) is 14.1. The fourth-order valence-electron chi connectivity index (χ4n) is 5.37. The lowest BCUT2D eigenvalue weighted by molar-refractivity contribution is -0.154. The Hall–Kier alpha value is -1.03. The number of hydrogen-bond donors (Lipinski definition) is 3. The first-order valence-corrected chi connectivity index (χ1v) is 20.6. The zero-order valence-corrected chi connectivity index (χ0v) is 31.0. The summed E-state index contributed by atoms with van der Waals surface area (Å²) in [5.41, 5.74) is 5.33. The van der Waals surface area contributed by atoms with Gasteiger partial charge in [0.25, 0.3) is 0 Å². The van der Waals surface area contributed by atoms with Crippen LogP contribution >= 0.6 is 7.82 Å². The Bertz CT molecular complexity index is 771. The predicted octanol–water partition coefficient (Wildman–Crippen LogP) is 9.64. The average Bonchev–Trinajstić information content (AvgIpc) is 3.04. The standard InChI is InChI=1S/C36H72NO9P/c1-3-5-7-9-11-13-15-16-17-19-21-23-25-27-29-43-30-33(31-44-47(41,42)45-32-34(37)36(39)40)46-35(38)28-26-24-22-20-18-14-12-10-8-6-4-2/h33-34H,3-32,37H2,1-2H3,(H,39,40)(H,41,42)/t33-,34+/m1/s1. The summed E-state index contributed by atoms with van der Waals surface area (Å²) in [6, 6.07) is -1.47. The maximum Gasteiger partial charge on any atom is 0.472 e. The van der Waals surface area contributed by atoms with Crippen molar-refractivity contribution < 1.29 is 42.7 Å². The van der Waals surface area contributed by atoms with E-state index in [0.717, 1.165) is 38.5 Å². The molecule has 0 rings (SSSR count). The van der Waals surface area contributed by atoms with Crippen molar-refractivity contribution in [3.05, 3.63) is 0 Å². The van der Waals surface area contributed by atoms with E-state index in [4.69, 9.17) is 24.8 Å². The van der Waals surface area contributed by atoms with Crippen molar-refractivity contribution in [2.45, 2.75) is 193 Å². The molecule has 3 atom stereocenters. The van der Waals surface area contributed by atoms with Crippen LogP contribution in [0.15, 0.2) is 0 Å². The van der Waals surface area contributed by atoms with Gasteiger partial charge in [-0.1, -0.05) is 162 Å². The predicted molar refractivity (Wildman–Crippen MR) is 189 cm³/mol. The van der Waals surface area contributed by atoms with E-state index >= 15 is 0 Å². The number of carbonyl (C=O) groups excluding carboxylic acids is 1. The number of carboxylic acids is 1. The highest BCUT2D eigenvalue weighted by atomic mass is 31.2. The second kappa shape index (κ2) is 33.5. The van der Waals surface area contributed by atoms with Crippen LogP contribution in [0.1, 0.15) is 181 Å². The molecule has 4 N–H and O–H groups in total. The number of aliphatic carboxylic acids is 1. The van der Waals surface area contributed by atoms with Crippen LogP contribution in [-0.2, 0) is 32.7 Å². The molecule has 0 bridgehead atoms. The zero-order valence-electron chi connectivity index (χ0n) is 30.1. The summed E-state index contributed by atoms with van der Waals surface area (Å²) in [5.74, 6) is -1.77. The molecule has 0 aromatic carbocycles. The summed E-state index contributed by atoms with van der Waals surface area (Å²) >= 11 is 0. The summed E-state index contributed by atoms with van der Waals surface area (Å²) in [7, 11) is -4.60. The Balaban J connectivity index is 4.26. The van der Waals surface area contributed by atoms with Gasteiger partial charge in [-0.05, 0) is 12.8 Å². The minimum atomic E-state index is -4.60. The highest BCUT2D eigenvalue weighted by molar-refractivity contribution is 7.47. The number of carbonyl (C=O) groups is 2. The maximum atomic E-state index is 12.5. The number of unbranched alkanes of at least 4 members (excludes halogenated alkanes) is 23. The van der Waals surface area contributed by atoms with Gasteiger partial charge in [0, 0.05) is 13.0 Å². The van der Waals surface area contributed by atoms with Crippen molar-refractivity contribution in [2.24, 2.45) is 5.73 Å². The molecule has 0 saturated heterocycles. The number of carboxylic acid groups (broad SMARTS) is 1. The molecular formula is C36H72NO9P. The SMILES string of the molecule is CCCCCCCCCCCCCCCCOC[C@H](COP(=O)(O)OC[C@H](N)C(=O)O)OC(=O)CCCCCCCCCCCCC. The molecule has 0 aliphatic carbocycles. The third-order valence-corrected chi connectivity index (χ3v) is 9.34.